The van der Waals surface area contributed by atoms with E-state index in [9.17, 15) is 14.4 Å². The van der Waals surface area contributed by atoms with Crippen LogP contribution in [0.5, 0.6) is 0 Å². The monoisotopic (exact) mass is 835 g/mol. The van der Waals surface area contributed by atoms with Gasteiger partial charge in [-0.05, 0) is 31.1 Å². The van der Waals surface area contributed by atoms with E-state index in [0.29, 0.717) is 19.3 Å². The Kier molecular flexibility index (Phi) is 44.7. The van der Waals surface area contributed by atoms with Gasteiger partial charge < -0.3 is 14.2 Å². The third kappa shape index (κ3) is 44.3. The van der Waals surface area contributed by atoms with Crippen molar-refractivity contribution in [1.29, 1.82) is 0 Å². The van der Waals surface area contributed by atoms with E-state index < -0.39 is 6.10 Å². The van der Waals surface area contributed by atoms with Crippen molar-refractivity contribution < 1.29 is 28.6 Å². The van der Waals surface area contributed by atoms with Crippen LogP contribution in [0.2, 0.25) is 0 Å². The molecule has 0 fully saturated rings. The average molecular weight is 835 g/mol. The van der Waals surface area contributed by atoms with Crippen molar-refractivity contribution in [3.63, 3.8) is 0 Å². The van der Waals surface area contributed by atoms with Gasteiger partial charge in [0.2, 0.25) is 0 Å². The van der Waals surface area contributed by atoms with Crippen LogP contribution in [0.3, 0.4) is 0 Å². The molecule has 0 saturated carbocycles. The van der Waals surface area contributed by atoms with E-state index in [1.54, 1.807) is 0 Å². The van der Waals surface area contributed by atoms with E-state index in [1.807, 2.05) is 0 Å². The second-order valence-corrected chi connectivity index (χ2v) is 18.6. The molecular formula is C53H102O6. The fraction of sp³-hybridized carbons (Fsp3) is 0.943. The van der Waals surface area contributed by atoms with Crippen LogP contribution < -0.4 is 0 Å². The number of unbranched alkanes of at least 4 members (excludes halogenated alkanes) is 30. The first kappa shape index (κ1) is 57.4. The summed E-state index contributed by atoms with van der Waals surface area (Å²) in [5.74, 6) is 0.828. The number of hydrogen-bond acceptors (Lipinski definition) is 6. The van der Waals surface area contributed by atoms with Gasteiger partial charge in [-0.2, -0.15) is 0 Å². The van der Waals surface area contributed by atoms with E-state index in [4.69, 9.17) is 14.2 Å². The predicted octanol–water partition coefficient (Wildman–Crippen LogP) is 16.9. The first-order valence-corrected chi connectivity index (χ1v) is 26.3. The van der Waals surface area contributed by atoms with Crippen molar-refractivity contribution in [3.8, 4) is 0 Å². The normalized spacial score (nSPS) is 13.0. The molecule has 59 heavy (non-hydrogen) atoms. The zero-order valence-corrected chi connectivity index (χ0v) is 40.4. The number of carbonyl (C=O) groups excluding carboxylic acids is 3. The predicted molar refractivity (Wildman–Crippen MR) is 252 cm³/mol. The van der Waals surface area contributed by atoms with Crippen LogP contribution in [-0.4, -0.2) is 37.2 Å². The van der Waals surface area contributed by atoms with Crippen molar-refractivity contribution in [2.75, 3.05) is 13.2 Å². The van der Waals surface area contributed by atoms with Gasteiger partial charge in [0.1, 0.15) is 13.2 Å². The van der Waals surface area contributed by atoms with Gasteiger partial charge in [0.05, 0.1) is 0 Å². The van der Waals surface area contributed by atoms with E-state index in [0.717, 1.165) is 69.6 Å². The molecule has 6 nitrogen and oxygen atoms in total. The van der Waals surface area contributed by atoms with Crippen LogP contribution in [0.1, 0.15) is 291 Å². The summed E-state index contributed by atoms with van der Waals surface area (Å²) in [5.41, 5.74) is 0. The summed E-state index contributed by atoms with van der Waals surface area (Å²) in [4.78, 5) is 37.9. The molecule has 0 aliphatic heterocycles. The van der Waals surface area contributed by atoms with Gasteiger partial charge in [-0.15, -0.1) is 0 Å². The third-order valence-electron chi connectivity index (χ3n) is 12.7. The van der Waals surface area contributed by atoms with Crippen molar-refractivity contribution in [2.45, 2.75) is 298 Å². The topological polar surface area (TPSA) is 78.9 Å². The minimum atomic E-state index is -0.762. The van der Waals surface area contributed by atoms with Gasteiger partial charge in [0.15, 0.2) is 6.10 Å². The maximum absolute atomic E-state index is 12.7. The Morgan fingerprint density at radius 2 is 0.593 bits per heavy atom. The molecular weight excluding hydrogens is 733 g/mol. The highest BCUT2D eigenvalue weighted by Gasteiger charge is 2.19. The zero-order valence-electron chi connectivity index (χ0n) is 40.4. The SMILES string of the molecule is CCCCCCCCCCCCCCCCCCCC(=O)OC[C@@H](COC(=O)CCCCCCCCCCCCC(C)CC)OC(=O)CCCCCCCCC(C)CC. The number of rotatable bonds is 47. The molecule has 6 heteroatoms. The summed E-state index contributed by atoms with van der Waals surface area (Å²) in [6.45, 7) is 11.4. The molecule has 0 heterocycles. The van der Waals surface area contributed by atoms with Crippen LogP contribution in [0.25, 0.3) is 0 Å². The lowest BCUT2D eigenvalue weighted by Crippen LogP contribution is -2.30. The Labute approximate surface area is 368 Å². The summed E-state index contributed by atoms with van der Waals surface area (Å²) in [6.07, 6.45) is 46.6. The number of esters is 3. The third-order valence-corrected chi connectivity index (χ3v) is 12.7. The van der Waals surface area contributed by atoms with E-state index in [2.05, 4.69) is 34.6 Å². The number of carbonyl (C=O) groups is 3. The smallest absolute Gasteiger partial charge is 0.306 e. The lowest BCUT2D eigenvalue weighted by Gasteiger charge is -2.18. The summed E-state index contributed by atoms with van der Waals surface area (Å²) in [6, 6.07) is 0. The Hall–Kier alpha value is -1.59. The molecule has 0 radical (unpaired) electrons. The summed E-state index contributed by atoms with van der Waals surface area (Å²) in [5, 5.41) is 0. The molecule has 0 rings (SSSR count). The molecule has 0 aliphatic rings. The van der Waals surface area contributed by atoms with Crippen molar-refractivity contribution in [1.82, 2.24) is 0 Å². The Bertz CT molecular complexity index is 904. The van der Waals surface area contributed by atoms with Gasteiger partial charge in [0, 0.05) is 19.3 Å². The molecule has 3 atom stereocenters. The molecule has 2 unspecified atom stereocenters. The minimum Gasteiger partial charge on any atom is -0.462 e. The number of ether oxygens (including phenoxy) is 3. The van der Waals surface area contributed by atoms with E-state index in [-0.39, 0.29) is 31.1 Å². The van der Waals surface area contributed by atoms with Gasteiger partial charge in [-0.3, -0.25) is 14.4 Å². The molecule has 0 bridgehead atoms. The molecule has 0 amide bonds. The second kappa shape index (κ2) is 45.9. The average Bonchev–Trinajstić information content (AvgIpc) is 3.23. The highest BCUT2D eigenvalue weighted by molar-refractivity contribution is 5.71. The number of hydrogen-bond donors (Lipinski definition) is 0. The second-order valence-electron chi connectivity index (χ2n) is 18.6. The van der Waals surface area contributed by atoms with Gasteiger partial charge >= 0.3 is 17.9 Å². The quantitative estimate of drug-likeness (QED) is 0.0345. The van der Waals surface area contributed by atoms with Crippen LogP contribution >= 0.6 is 0 Å². The minimum absolute atomic E-state index is 0.0646. The highest BCUT2D eigenvalue weighted by atomic mass is 16.6. The van der Waals surface area contributed by atoms with Gasteiger partial charge in [-0.1, -0.05) is 253 Å². The zero-order chi connectivity index (χ0) is 43.3. The van der Waals surface area contributed by atoms with Crippen LogP contribution in [0, 0.1) is 11.8 Å². The molecule has 0 aromatic rings. The molecule has 0 aromatic heterocycles. The molecule has 0 N–H and O–H groups in total. The van der Waals surface area contributed by atoms with Crippen LogP contribution in [0.15, 0.2) is 0 Å². The van der Waals surface area contributed by atoms with Gasteiger partial charge in [-0.25, -0.2) is 0 Å². The Morgan fingerprint density at radius 3 is 0.881 bits per heavy atom. The molecule has 350 valence electrons. The largest absolute Gasteiger partial charge is 0.462 e. The van der Waals surface area contributed by atoms with Crippen molar-refractivity contribution in [2.24, 2.45) is 11.8 Å². The lowest BCUT2D eigenvalue weighted by atomic mass is 9.99. The highest BCUT2D eigenvalue weighted by Crippen LogP contribution is 2.18. The van der Waals surface area contributed by atoms with Crippen molar-refractivity contribution in [3.05, 3.63) is 0 Å². The molecule has 0 saturated heterocycles. The van der Waals surface area contributed by atoms with Crippen molar-refractivity contribution >= 4 is 17.9 Å². The lowest BCUT2D eigenvalue weighted by molar-refractivity contribution is -0.167. The maximum Gasteiger partial charge on any atom is 0.306 e. The first-order chi connectivity index (χ1) is 28.8. The Balaban J connectivity index is 4.27. The van der Waals surface area contributed by atoms with Crippen LogP contribution in [0.4, 0.5) is 0 Å². The summed E-state index contributed by atoms with van der Waals surface area (Å²) < 4.78 is 16.8. The van der Waals surface area contributed by atoms with Crippen LogP contribution in [-0.2, 0) is 28.6 Å². The summed E-state index contributed by atoms with van der Waals surface area (Å²) in [7, 11) is 0. The molecule has 0 aliphatic carbocycles. The first-order valence-electron chi connectivity index (χ1n) is 26.3. The van der Waals surface area contributed by atoms with E-state index in [1.165, 1.54) is 180 Å². The fourth-order valence-electron chi connectivity index (χ4n) is 7.93. The standard InChI is InChI=1S/C53H102O6/c1-6-9-10-11-12-13-14-15-16-17-18-19-20-24-27-33-38-43-51(54)57-46-50(59-53(56)45-40-35-30-29-32-37-42-49(5)8-3)47-58-52(55)44-39-34-28-25-22-21-23-26-31-36-41-48(4)7-2/h48-50H,6-47H2,1-5H3/t48?,49?,50-/m0/s1. The Morgan fingerprint density at radius 1 is 0.339 bits per heavy atom. The fourth-order valence-corrected chi connectivity index (χ4v) is 7.93. The van der Waals surface area contributed by atoms with Gasteiger partial charge in [0.25, 0.3) is 0 Å². The molecule has 0 aromatic carbocycles. The molecule has 0 spiro atoms. The summed E-state index contributed by atoms with van der Waals surface area (Å²) >= 11 is 0. The maximum atomic E-state index is 12.7. The van der Waals surface area contributed by atoms with E-state index >= 15 is 0 Å².